The van der Waals surface area contributed by atoms with Crippen LogP contribution in [0.25, 0.3) is 0 Å². The van der Waals surface area contributed by atoms with Crippen molar-refractivity contribution >= 4 is 7.37 Å². The minimum Gasteiger partial charge on any atom is -0.329 e. The summed E-state index contributed by atoms with van der Waals surface area (Å²) in [5.74, 6) is 0. The highest BCUT2D eigenvalue weighted by molar-refractivity contribution is 7.58. The highest BCUT2D eigenvalue weighted by atomic mass is 31.2. The normalized spacial score (nSPS) is 25.3. The maximum absolute atomic E-state index is 11.8. The highest BCUT2D eigenvalue weighted by Crippen LogP contribution is 2.53. The predicted octanol–water partition coefficient (Wildman–Crippen LogP) is 2.87. The van der Waals surface area contributed by atoms with Gasteiger partial charge in [-0.05, 0) is 19.8 Å². The van der Waals surface area contributed by atoms with Gasteiger partial charge in [-0.3, -0.25) is 4.57 Å². The Morgan fingerprint density at radius 2 is 2.00 bits per heavy atom. The fraction of sp³-hybridized carbons (Fsp3) is 1.00. The second-order valence-electron chi connectivity index (χ2n) is 3.26. The molecule has 0 spiro atoms. The molecule has 0 aromatic heterocycles. The van der Waals surface area contributed by atoms with Crippen molar-refractivity contribution in [2.45, 2.75) is 38.3 Å². The van der Waals surface area contributed by atoms with Gasteiger partial charge in [0.05, 0.1) is 6.61 Å². The van der Waals surface area contributed by atoms with Gasteiger partial charge in [0.2, 0.25) is 7.37 Å². The van der Waals surface area contributed by atoms with E-state index >= 15 is 0 Å². The van der Waals surface area contributed by atoms with Crippen molar-refractivity contribution in [3.63, 3.8) is 0 Å². The molecule has 2 nitrogen and oxygen atoms in total. The Morgan fingerprint density at radius 1 is 1.45 bits per heavy atom. The minimum absolute atomic E-state index is 0.363. The van der Waals surface area contributed by atoms with Crippen LogP contribution in [0.5, 0.6) is 0 Å². The zero-order valence-electron chi connectivity index (χ0n) is 7.38. The van der Waals surface area contributed by atoms with E-state index in [-0.39, 0.29) is 0 Å². The zero-order valence-corrected chi connectivity index (χ0v) is 8.27. The van der Waals surface area contributed by atoms with Crippen LogP contribution < -0.4 is 0 Å². The molecule has 11 heavy (non-hydrogen) atoms. The topological polar surface area (TPSA) is 26.3 Å². The molecule has 3 heteroatoms. The molecule has 0 aromatic rings. The largest absolute Gasteiger partial charge is 0.329 e. The Bertz CT molecular complexity index is 161. The Labute approximate surface area is 68.8 Å². The molecule has 1 aliphatic carbocycles. The number of hydrogen-bond acceptors (Lipinski definition) is 2. The third-order valence-electron chi connectivity index (χ3n) is 2.37. The monoisotopic (exact) mass is 176 g/mol. The van der Waals surface area contributed by atoms with Gasteiger partial charge in [0.1, 0.15) is 0 Å². The van der Waals surface area contributed by atoms with Crippen molar-refractivity contribution < 1.29 is 9.09 Å². The molecule has 1 unspecified atom stereocenters. The maximum Gasteiger partial charge on any atom is 0.203 e. The van der Waals surface area contributed by atoms with Crippen molar-refractivity contribution in [1.29, 1.82) is 0 Å². The van der Waals surface area contributed by atoms with Gasteiger partial charge in [0.15, 0.2) is 0 Å². The van der Waals surface area contributed by atoms with Crippen LogP contribution in [-0.4, -0.2) is 18.9 Å². The lowest BCUT2D eigenvalue weighted by molar-refractivity contribution is 0.329. The van der Waals surface area contributed by atoms with Gasteiger partial charge >= 0.3 is 0 Å². The molecule has 0 heterocycles. The molecule has 1 fully saturated rings. The summed E-state index contributed by atoms with van der Waals surface area (Å²) < 4.78 is 17.1. The summed E-state index contributed by atoms with van der Waals surface area (Å²) in [5, 5.41) is 0. The van der Waals surface area contributed by atoms with E-state index in [0.717, 1.165) is 12.8 Å². The van der Waals surface area contributed by atoms with Gasteiger partial charge < -0.3 is 4.52 Å². The Morgan fingerprint density at radius 3 is 2.45 bits per heavy atom. The van der Waals surface area contributed by atoms with E-state index < -0.39 is 7.37 Å². The van der Waals surface area contributed by atoms with E-state index in [1.165, 1.54) is 12.8 Å². The van der Waals surface area contributed by atoms with Crippen molar-refractivity contribution in [3.05, 3.63) is 0 Å². The molecule has 0 saturated heterocycles. The summed E-state index contributed by atoms with van der Waals surface area (Å²) in [7, 11) is -2.24. The van der Waals surface area contributed by atoms with Gasteiger partial charge in [-0.1, -0.05) is 12.8 Å². The van der Waals surface area contributed by atoms with Crippen LogP contribution >= 0.6 is 7.37 Å². The summed E-state index contributed by atoms with van der Waals surface area (Å²) in [5.41, 5.74) is 0.363. The van der Waals surface area contributed by atoms with Crippen LogP contribution in [0, 0.1) is 0 Å². The molecule has 1 aliphatic rings. The van der Waals surface area contributed by atoms with Gasteiger partial charge in [-0.15, -0.1) is 0 Å². The van der Waals surface area contributed by atoms with E-state index in [0.29, 0.717) is 12.3 Å². The molecule has 1 rings (SSSR count). The van der Waals surface area contributed by atoms with Crippen LogP contribution in [0.3, 0.4) is 0 Å². The van der Waals surface area contributed by atoms with Crippen LogP contribution in [0.2, 0.25) is 0 Å². The van der Waals surface area contributed by atoms with Gasteiger partial charge in [0, 0.05) is 12.3 Å². The summed E-state index contributed by atoms with van der Waals surface area (Å²) >= 11 is 0. The average molecular weight is 176 g/mol. The van der Waals surface area contributed by atoms with Gasteiger partial charge in [0.25, 0.3) is 0 Å². The molecular formula is C8H17O2P. The average Bonchev–Trinajstić information content (AvgIpc) is 2.37. The van der Waals surface area contributed by atoms with E-state index in [1.807, 2.05) is 6.92 Å². The molecule has 66 valence electrons. The van der Waals surface area contributed by atoms with E-state index in [1.54, 1.807) is 6.66 Å². The SMILES string of the molecule is CCOP(C)(=O)C1CCCC1. The fourth-order valence-corrected chi connectivity index (χ4v) is 3.76. The van der Waals surface area contributed by atoms with E-state index in [9.17, 15) is 4.57 Å². The molecule has 0 aromatic carbocycles. The lowest BCUT2D eigenvalue weighted by Crippen LogP contribution is -2.04. The molecule has 0 bridgehead atoms. The van der Waals surface area contributed by atoms with E-state index in [2.05, 4.69) is 0 Å². The first-order chi connectivity index (χ1) is 5.17. The molecule has 1 saturated carbocycles. The molecular weight excluding hydrogens is 159 g/mol. The molecule has 1 atom stereocenters. The van der Waals surface area contributed by atoms with Crippen molar-refractivity contribution in [2.75, 3.05) is 13.3 Å². The second-order valence-corrected chi connectivity index (χ2v) is 6.07. The summed E-state index contributed by atoms with van der Waals surface area (Å²) in [6.45, 7) is 4.28. The molecule has 0 N–H and O–H groups in total. The highest BCUT2D eigenvalue weighted by Gasteiger charge is 2.30. The quantitative estimate of drug-likeness (QED) is 0.618. The van der Waals surface area contributed by atoms with Gasteiger partial charge in [-0.25, -0.2) is 0 Å². The second kappa shape index (κ2) is 3.73. The van der Waals surface area contributed by atoms with E-state index in [4.69, 9.17) is 4.52 Å². The van der Waals surface area contributed by atoms with Crippen LogP contribution in [0.4, 0.5) is 0 Å². The molecule has 0 amide bonds. The first-order valence-electron chi connectivity index (χ1n) is 4.38. The Hall–Kier alpha value is 0.190. The first kappa shape index (κ1) is 9.28. The minimum atomic E-state index is -2.24. The maximum atomic E-state index is 11.8. The molecule has 0 radical (unpaired) electrons. The molecule has 0 aliphatic heterocycles. The standard InChI is InChI=1S/C8H17O2P/c1-3-10-11(2,9)8-6-4-5-7-8/h8H,3-7H2,1-2H3. The first-order valence-corrected chi connectivity index (χ1v) is 6.52. The number of rotatable bonds is 3. The third-order valence-corrected chi connectivity index (χ3v) is 4.99. The van der Waals surface area contributed by atoms with Crippen LogP contribution in [0.1, 0.15) is 32.6 Å². The Balaban J connectivity index is 2.48. The van der Waals surface area contributed by atoms with Crippen molar-refractivity contribution in [2.24, 2.45) is 0 Å². The third kappa shape index (κ3) is 2.31. The lowest BCUT2D eigenvalue weighted by atomic mass is 10.4. The fourth-order valence-electron chi connectivity index (χ4n) is 1.74. The predicted molar refractivity (Wildman–Crippen MR) is 47.4 cm³/mol. The smallest absolute Gasteiger partial charge is 0.203 e. The Kier molecular flexibility index (Phi) is 3.15. The summed E-state index contributed by atoms with van der Waals surface area (Å²) in [6, 6.07) is 0. The summed E-state index contributed by atoms with van der Waals surface area (Å²) in [4.78, 5) is 0. The number of hydrogen-bond donors (Lipinski definition) is 0. The van der Waals surface area contributed by atoms with Crippen molar-refractivity contribution in [1.82, 2.24) is 0 Å². The summed E-state index contributed by atoms with van der Waals surface area (Å²) in [6.07, 6.45) is 4.67. The lowest BCUT2D eigenvalue weighted by Gasteiger charge is -2.18. The van der Waals surface area contributed by atoms with Gasteiger partial charge in [-0.2, -0.15) is 0 Å². The zero-order chi connectivity index (χ0) is 8.32. The van der Waals surface area contributed by atoms with Crippen LogP contribution in [-0.2, 0) is 9.09 Å². The van der Waals surface area contributed by atoms with Crippen molar-refractivity contribution in [3.8, 4) is 0 Å². The van der Waals surface area contributed by atoms with Crippen LogP contribution in [0.15, 0.2) is 0 Å².